The summed E-state index contributed by atoms with van der Waals surface area (Å²) in [5, 5.41) is 7.19. The number of aromatic amines is 1. The van der Waals surface area contributed by atoms with E-state index in [4.69, 9.17) is 17.0 Å². The maximum absolute atomic E-state index is 5.62. The van der Waals surface area contributed by atoms with E-state index in [0.29, 0.717) is 0 Å². The van der Waals surface area contributed by atoms with Crippen molar-refractivity contribution >= 4 is 12.2 Å². The van der Waals surface area contributed by atoms with Crippen LogP contribution >= 0.6 is 12.2 Å². The number of nitrogens with zero attached hydrogens (tertiary/aromatic N) is 2. The monoisotopic (exact) mass is 241 g/mol. The molecule has 0 saturated heterocycles. The SMILES string of the molecule is CCCn1c(CC2(OC)CCC2)n[nH]c1=S. The summed E-state index contributed by atoms with van der Waals surface area (Å²) in [6.45, 7) is 3.08. The third-order valence-corrected chi connectivity index (χ3v) is 3.77. The molecule has 1 aromatic rings. The zero-order valence-electron chi connectivity index (χ0n) is 9.95. The minimum atomic E-state index is 0.0203. The maximum Gasteiger partial charge on any atom is 0.195 e. The first-order valence-electron chi connectivity index (χ1n) is 5.90. The summed E-state index contributed by atoms with van der Waals surface area (Å²) in [6, 6.07) is 0. The van der Waals surface area contributed by atoms with Crippen LogP contribution in [0.25, 0.3) is 0 Å². The number of rotatable bonds is 5. The van der Waals surface area contributed by atoms with Crippen molar-refractivity contribution in [2.45, 2.75) is 51.2 Å². The fourth-order valence-corrected chi connectivity index (χ4v) is 2.49. The molecule has 1 heterocycles. The molecule has 1 aliphatic rings. The van der Waals surface area contributed by atoms with Crippen molar-refractivity contribution in [2.75, 3.05) is 7.11 Å². The van der Waals surface area contributed by atoms with Crippen molar-refractivity contribution in [1.29, 1.82) is 0 Å². The molecular weight excluding hydrogens is 222 g/mol. The molecule has 1 N–H and O–H groups in total. The summed E-state index contributed by atoms with van der Waals surface area (Å²) in [5.74, 6) is 1.04. The summed E-state index contributed by atoms with van der Waals surface area (Å²) in [7, 11) is 1.80. The van der Waals surface area contributed by atoms with Crippen LogP contribution in [-0.2, 0) is 17.7 Å². The average Bonchev–Trinajstić information content (AvgIpc) is 2.56. The zero-order chi connectivity index (χ0) is 11.6. The second-order valence-electron chi connectivity index (χ2n) is 4.51. The van der Waals surface area contributed by atoms with E-state index in [9.17, 15) is 0 Å². The summed E-state index contributed by atoms with van der Waals surface area (Å²) in [6.07, 6.45) is 5.47. The Morgan fingerprint density at radius 3 is 2.81 bits per heavy atom. The van der Waals surface area contributed by atoms with Crippen molar-refractivity contribution in [1.82, 2.24) is 14.8 Å². The largest absolute Gasteiger partial charge is 0.378 e. The summed E-state index contributed by atoms with van der Waals surface area (Å²) < 4.78 is 8.44. The number of aromatic nitrogens is 3. The molecule has 0 spiro atoms. The van der Waals surface area contributed by atoms with Crippen LogP contribution in [0.3, 0.4) is 0 Å². The van der Waals surface area contributed by atoms with Gasteiger partial charge in [0.1, 0.15) is 5.82 Å². The minimum Gasteiger partial charge on any atom is -0.378 e. The van der Waals surface area contributed by atoms with Gasteiger partial charge in [0, 0.05) is 20.1 Å². The summed E-state index contributed by atoms with van der Waals surface area (Å²) >= 11 is 5.22. The van der Waals surface area contributed by atoms with Gasteiger partial charge in [-0.1, -0.05) is 6.92 Å². The van der Waals surface area contributed by atoms with E-state index in [1.165, 1.54) is 6.42 Å². The molecule has 0 amide bonds. The molecule has 0 unspecified atom stereocenters. The first-order valence-corrected chi connectivity index (χ1v) is 6.31. The molecule has 0 radical (unpaired) electrons. The Kier molecular flexibility index (Phi) is 3.44. The number of hydrogen-bond acceptors (Lipinski definition) is 3. The molecule has 16 heavy (non-hydrogen) atoms. The highest BCUT2D eigenvalue weighted by Gasteiger charge is 2.38. The van der Waals surface area contributed by atoms with Gasteiger partial charge in [-0.2, -0.15) is 5.10 Å². The lowest BCUT2D eigenvalue weighted by atomic mass is 9.77. The van der Waals surface area contributed by atoms with Gasteiger partial charge < -0.3 is 9.30 Å². The predicted octanol–water partition coefficient (Wildman–Crippen LogP) is 2.46. The fraction of sp³-hybridized carbons (Fsp3) is 0.818. The third kappa shape index (κ3) is 2.06. The first-order chi connectivity index (χ1) is 7.71. The Labute approximate surface area is 101 Å². The van der Waals surface area contributed by atoms with E-state index in [1.807, 2.05) is 0 Å². The van der Waals surface area contributed by atoms with Crippen molar-refractivity contribution in [3.8, 4) is 0 Å². The Balaban J connectivity index is 2.17. The first kappa shape index (κ1) is 11.8. The average molecular weight is 241 g/mol. The summed E-state index contributed by atoms with van der Waals surface area (Å²) in [5.41, 5.74) is 0.0203. The lowest BCUT2D eigenvalue weighted by Gasteiger charge is -2.40. The predicted molar refractivity (Wildman–Crippen MR) is 65.0 cm³/mol. The van der Waals surface area contributed by atoms with Crippen molar-refractivity contribution in [3.63, 3.8) is 0 Å². The molecule has 5 heteroatoms. The molecule has 0 aromatic carbocycles. The van der Waals surface area contributed by atoms with Gasteiger partial charge in [-0.05, 0) is 37.9 Å². The van der Waals surface area contributed by atoms with Crippen LogP contribution in [0.5, 0.6) is 0 Å². The Bertz CT molecular complexity index is 400. The Hall–Kier alpha value is -0.680. The molecule has 1 aromatic heterocycles. The van der Waals surface area contributed by atoms with Gasteiger partial charge in [-0.15, -0.1) is 0 Å². The van der Waals surface area contributed by atoms with Crippen molar-refractivity contribution in [3.05, 3.63) is 10.6 Å². The maximum atomic E-state index is 5.62. The van der Waals surface area contributed by atoms with Gasteiger partial charge in [0.05, 0.1) is 5.60 Å². The van der Waals surface area contributed by atoms with Gasteiger partial charge in [-0.25, -0.2) is 0 Å². The molecule has 1 aliphatic carbocycles. The molecule has 1 saturated carbocycles. The van der Waals surface area contributed by atoms with Gasteiger partial charge >= 0.3 is 0 Å². The van der Waals surface area contributed by atoms with E-state index in [-0.39, 0.29) is 5.60 Å². The highest BCUT2D eigenvalue weighted by Crippen LogP contribution is 2.37. The zero-order valence-corrected chi connectivity index (χ0v) is 10.8. The summed E-state index contributed by atoms with van der Waals surface area (Å²) in [4.78, 5) is 0. The van der Waals surface area contributed by atoms with E-state index >= 15 is 0 Å². The van der Waals surface area contributed by atoms with Gasteiger partial charge in [0.25, 0.3) is 0 Å². The van der Waals surface area contributed by atoms with Gasteiger partial charge in [0.2, 0.25) is 0 Å². The van der Waals surface area contributed by atoms with E-state index in [2.05, 4.69) is 21.7 Å². The van der Waals surface area contributed by atoms with Crippen LogP contribution in [0.2, 0.25) is 0 Å². The lowest BCUT2D eigenvalue weighted by Crippen LogP contribution is -2.42. The highest BCUT2D eigenvalue weighted by molar-refractivity contribution is 7.71. The number of methoxy groups -OCH3 is 1. The third-order valence-electron chi connectivity index (χ3n) is 3.46. The standard InChI is InChI=1S/C11H19N3OS/c1-3-7-14-9(12-13-10(14)16)8-11(15-2)5-4-6-11/h3-8H2,1-2H3,(H,13,16). The fourth-order valence-electron chi connectivity index (χ4n) is 2.25. The van der Waals surface area contributed by atoms with Crippen molar-refractivity contribution < 1.29 is 4.74 Å². The topological polar surface area (TPSA) is 42.8 Å². The van der Waals surface area contributed by atoms with Crippen LogP contribution in [0, 0.1) is 4.77 Å². The molecule has 1 fully saturated rings. The number of ether oxygens (including phenoxy) is 1. The normalized spacial score (nSPS) is 18.4. The molecular formula is C11H19N3OS. The van der Waals surface area contributed by atoms with E-state index in [1.54, 1.807) is 7.11 Å². The molecule has 0 atom stereocenters. The smallest absolute Gasteiger partial charge is 0.195 e. The number of hydrogen-bond donors (Lipinski definition) is 1. The van der Waals surface area contributed by atoms with Crippen LogP contribution in [-0.4, -0.2) is 27.5 Å². The van der Waals surface area contributed by atoms with Crippen LogP contribution in [0.15, 0.2) is 0 Å². The van der Waals surface area contributed by atoms with Crippen molar-refractivity contribution in [2.24, 2.45) is 0 Å². The Morgan fingerprint density at radius 1 is 1.56 bits per heavy atom. The lowest BCUT2D eigenvalue weighted by molar-refractivity contribution is -0.0726. The van der Waals surface area contributed by atoms with E-state index in [0.717, 1.165) is 42.8 Å². The second kappa shape index (κ2) is 4.67. The van der Waals surface area contributed by atoms with E-state index < -0.39 is 0 Å². The van der Waals surface area contributed by atoms with Gasteiger partial charge in [0.15, 0.2) is 4.77 Å². The van der Waals surface area contributed by atoms with Gasteiger partial charge in [-0.3, -0.25) is 5.10 Å². The van der Waals surface area contributed by atoms with Crippen LogP contribution in [0.4, 0.5) is 0 Å². The van der Waals surface area contributed by atoms with Crippen LogP contribution < -0.4 is 0 Å². The molecule has 0 aliphatic heterocycles. The molecule has 2 rings (SSSR count). The molecule has 4 nitrogen and oxygen atoms in total. The van der Waals surface area contributed by atoms with Crippen LogP contribution in [0.1, 0.15) is 38.4 Å². The minimum absolute atomic E-state index is 0.0203. The quantitative estimate of drug-likeness (QED) is 0.805. The highest BCUT2D eigenvalue weighted by atomic mass is 32.1. The molecule has 0 bridgehead atoms. The molecule has 90 valence electrons. The number of nitrogens with one attached hydrogen (secondary N) is 1. The second-order valence-corrected chi connectivity index (χ2v) is 4.90. The Morgan fingerprint density at radius 2 is 2.31 bits per heavy atom. The number of H-pyrrole nitrogens is 1.